The summed E-state index contributed by atoms with van der Waals surface area (Å²) in [6.07, 6.45) is 1.07. The van der Waals surface area contributed by atoms with Gasteiger partial charge in [-0.05, 0) is 25.0 Å². The third-order valence-electron chi connectivity index (χ3n) is 4.04. The van der Waals surface area contributed by atoms with Crippen LogP contribution in [0.4, 0.5) is 4.79 Å². The van der Waals surface area contributed by atoms with Gasteiger partial charge in [0.15, 0.2) is 0 Å². The van der Waals surface area contributed by atoms with Gasteiger partial charge in [-0.2, -0.15) is 0 Å². The van der Waals surface area contributed by atoms with Crippen molar-refractivity contribution >= 4 is 12.0 Å². The summed E-state index contributed by atoms with van der Waals surface area (Å²) in [6.45, 7) is 2.88. The SMILES string of the molecule is O=C([C@H]1CCCN1C(=O)Oc1ccccc1)N1CCOCC1. The number of hydrogen-bond acceptors (Lipinski definition) is 4. The Labute approximate surface area is 129 Å². The highest BCUT2D eigenvalue weighted by molar-refractivity contribution is 5.86. The normalized spacial score (nSPS) is 21.7. The molecule has 0 aliphatic carbocycles. The fourth-order valence-electron chi connectivity index (χ4n) is 2.88. The standard InChI is InChI=1S/C16H20N2O4/c19-15(17-9-11-21-12-10-17)14-7-4-8-18(14)16(20)22-13-5-2-1-3-6-13/h1-3,5-6,14H,4,7-12H2/t14-/m1/s1. The van der Waals surface area contributed by atoms with Crippen LogP contribution in [0.3, 0.4) is 0 Å². The zero-order valence-corrected chi connectivity index (χ0v) is 12.4. The van der Waals surface area contributed by atoms with E-state index in [1.54, 1.807) is 21.9 Å². The predicted octanol–water partition coefficient (Wildman–Crippen LogP) is 1.51. The summed E-state index contributed by atoms with van der Waals surface area (Å²) in [5.41, 5.74) is 0. The number of benzene rings is 1. The minimum absolute atomic E-state index is 0.00538. The Morgan fingerprint density at radius 2 is 1.82 bits per heavy atom. The van der Waals surface area contributed by atoms with Crippen molar-refractivity contribution in [1.29, 1.82) is 0 Å². The number of rotatable bonds is 2. The van der Waals surface area contributed by atoms with Gasteiger partial charge in [0.2, 0.25) is 5.91 Å². The maximum atomic E-state index is 12.6. The summed E-state index contributed by atoms with van der Waals surface area (Å²) >= 11 is 0. The van der Waals surface area contributed by atoms with Crippen molar-refractivity contribution in [3.05, 3.63) is 30.3 Å². The lowest BCUT2D eigenvalue weighted by atomic mass is 10.2. The van der Waals surface area contributed by atoms with E-state index < -0.39 is 12.1 Å². The van der Waals surface area contributed by atoms with E-state index in [-0.39, 0.29) is 5.91 Å². The summed E-state index contributed by atoms with van der Waals surface area (Å²) in [4.78, 5) is 28.2. The lowest BCUT2D eigenvalue weighted by molar-refractivity contribution is -0.139. The minimum Gasteiger partial charge on any atom is -0.410 e. The van der Waals surface area contributed by atoms with E-state index in [1.807, 2.05) is 18.2 Å². The van der Waals surface area contributed by atoms with Gasteiger partial charge in [-0.25, -0.2) is 4.79 Å². The van der Waals surface area contributed by atoms with Gasteiger partial charge in [0.1, 0.15) is 11.8 Å². The first-order chi connectivity index (χ1) is 10.8. The average molecular weight is 304 g/mol. The average Bonchev–Trinajstić information content (AvgIpc) is 3.05. The van der Waals surface area contributed by atoms with Crippen LogP contribution >= 0.6 is 0 Å². The summed E-state index contributed by atoms with van der Waals surface area (Å²) in [5, 5.41) is 0. The molecule has 3 rings (SSSR count). The highest BCUT2D eigenvalue weighted by atomic mass is 16.6. The Hall–Kier alpha value is -2.08. The molecule has 0 saturated carbocycles. The molecule has 1 aromatic carbocycles. The summed E-state index contributed by atoms with van der Waals surface area (Å²) in [7, 11) is 0. The van der Waals surface area contributed by atoms with Gasteiger partial charge in [-0.1, -0.05) is 18.2 Å². The van der Waals surface area contributed by atoms with Gasteiger partial charge >= 0.3 is 6.09 Å². The van der Waals surface area contributed by atoms with Crippen LogP contribution in [0.1, 0.15) is 12.8 Å². The molecule has 1 atom stereocenters. The second-order valence-electron chi connectivity index (χ2n) is 5.47. The molecule has 0 spiro atoms. The van der Waals surface area contributed by atoms with Gasteiger partial charge in [0, 0.05) is 19.6 Å². The highest BCUT2D eigenvalue weighted by Crippen LogP contribution is 2.22. The third-order valence-corrected chi connectivity index (χ3v) is 4.04. The van der Waals surface area contributed by atoms with E-state index in [0.29, 0.717) is 45.0 Å². The number of carbonyl (C=O) groups excluding carboxylic acids is 2. The minimum atomic E-state index is -0.449. The van der Waals surface area contributed by atoms with E-state index in [0.717, 1.165) is 6.42 Å². The van der Waals surface area contributed by atoms with E-state index in [4.69, 9.17) is 9.47 Å². The lowest BCUT2D eigenvalue weighted by Gasteiger charge is -2.32. The fraction of sp³-hybridized carbons (Fsp3) is 0.500. The second kappa shape index (κ2) is 6.79. The molecule has 0 bridgehead atoms. The van der Waals surface area contributed by atoms with Crippen molar-refractivity contribution in [3.8, 4) is 5.75 Å². The predicted molar refractivity (Wildman–Crippen MR) is 79.6 cm³/mol. The number of morpholine rings is 1. The molecule has 6 heteroatoms. The van der Waals surface area contributed by atoms with Gasteiger partial charge in [-0.15, -0.1) is 0 Å². The van der Waals surface area contributed by atoms with Crippen LogP contribution in [-0.2, 0) is 9.53 Å². The quantitative estimate of drug-likeness (QED) is 0.831. The smallest absolute Gasteiger partial charge is 0.410 e. The molecule has 6 nitrogen and oxygen atoms in total. The van der Waals surface area contributed by atoms with Crippen LogP contribution in [0, 0.1) is 0 Å². The first-order valence-electron chi connectivity index (χ1n) is 7.66. The molecule has 2 aliphatic heterocycles. The highest BCUT2D eigenvalue weighted by Gasteiger charge is 2.37. The molecule has 2 amide bonds. The van der Waals surface area contributed by atoms with E-state index >= 15 is 0 Å². The lowest BCUT2D eigenvalue weighted by Crippen LogP contribution is -2.51. The first-order valence-corrected chi connectivity index (χ1v) is 7.66. The van der Waals surface area contributed by atoms with Crippen molar-refractivity contribution in [2.45, 2.75) is 18.9 Å². The van der Waals surface area contributed by atoms with Crippen LogP contribution in [-0.4, -0.2) is 60.7 Å². The molecule has 2 heterocycles. The Bertz CT molecular complexity index is 528. The number of carbonyl (C=O) groups is 2. The van der Waals surface area contributed by atoms with Crippen LogP contribution < -0.4 is 4.74 Å². The Balaban J connectivity index is 1.64. The fourth-order valence-corrected chi connectivity index (χ4v) is 2.88. The van der Waals surface area contributed by atoms with Crippen molar-refractivity contribution < 1.29 is 19.1 Å². The van der Waals surface area contributed by atoms with E-state index in [9.17, 15) is 9.59 Å². The van der Waals surface area contributed by atoms with Crippen LogP contribution in [0.2, 0.25) is 0 Å². The topological polar surface area (TPSA) is 59.1 Å². The molecule has 0 aromatic heterocycles. The second-order valence-corrected chi connectivity index (χ2v) is 5.47. The van der Waals surface area contributed by atoms with Gasteiger partial charge in [0.05, 0.1) is 13.2 Å². The number of likely N-dealkylation sites (tertiary alicyclic amines) is 1. The largest absolute Gasteiger partial charge is 0.415 e. The van der Waals surface area contributed by atoms with Crippen molar-refractivity contribution in [1.82, 2.24) is 9.80 Å². The monoisotopic (exact) mass is 304 g/mol. The molecule has 22 heavy (non-hydrogen) atoms. The molecule has 0 radical (unpaired) electrons. The maximum Gasteiger partial charge on any atom is 0.415 e. The van der Waals surface area contributed by atoms with Gasteiger partial charge in [0.25, 0.3) is 0 Å². The Morgan fingerprint density at radius 1 is 1.09 bits per heavy atom. The third kappa shape index (κ3) is 3.22. The molecule has 0 N–H and O–H groups in total. The number of hydrogen-bond donors (Lipinski definition) is 0. The van der Waals surface area contributed by atoms with Crippen molar-refractivity contribution in [2.24, 2.45) is 0 Å². The van der Waals surface area contributed by atoms with Crippen LogP contribution in [0.5, 0.6) is 5.75 Å². The zero-order chi connectivity index (χ0) is 15.4. The number of ether oxygens (including phenoxy) is 2. The zero-order valence-electron chi connectivity index (χ0n) is 12.4. The van der Waals surface area contributed by atoms with Crippen molar-refractivity contribution in [2.75, 3.05) is 32.8 Å². The maximum absolute atomic E-state index is 12.6. The number of para-hydroxylation sites is 1. The number of nitrogens with zero attached hydrogens (tertiary/aromatic N) is 2. The molecule has 2 fully saturated rings. The van der Waals surface area contributed by atoms with Crippen molar-refractivity contribution in [3.63, 3.8) is 0 Å². The summed E-state index contributed by atoms with van der Waals surface area (Å²) < 4.78 is 10.6. The Kier molecular flexibility index (Phi) is 4.58. The molecular formula is C16H20N2O4. The van der Waals surface area contributed by atoms with E-state index in [1.165, 1.54) is 0 Å². The Morgan fingerprint density at radius 3 is 2.55 bits per heavy atom. The van der Waals surface area contributed by atoms with Gasteiger partial charge in [-0.3, -0.25) is 9.69 Å². The van der Waals surface area contributed by atoms with Crippen LogP contribution in [0.15, 0.2) is 30.3 Å². The first kappa shape index (κ1) is 14.8. The molecule has 0 unspecified atom stereocenters. The molecule has 2 aliphatic rings. The summed E-state index contributed by atoms with van der Waals surface area (Å²) in [6, 6.07) is 8.53. The molecular weight excluding hydrogens is 284 g/mol. The summed E-state index contributed by atoms with van der Waals surface area (Å²) in [5.74, 6) is 0.503. The molecule has 2 saturated heterocycles. The van der Waals surface area contributed by atoms with Gasteiger partial charge < -0.3 is 14.4 Å². The molecule has 118 valence electrons. The van der Waals surface area contributed by atoms with E-state index in [2.05, 4.69) is 0 Å². The molecule has 1 aromatic rings. The number of amides is 2. The van der Waals surface area contributed by atoms with Crippen LogP contribution in [0.25, 0.3) is 0 Å².